The number of rotatable bonds is 2. The van der Waals surface area contributed by atoms with Gasteiger partial charge in [0.05, 0.1) is 13.2 Å². The first-order valence-electron chi connectivity index (χ1n) is 8.67. The Kier molecular flexibility index (Phi) is 5.26. The Hall–Kier alpha value is -1.79. The molecule has 3 rings (SSSR count). The van der Waals surface area contributed by atoms with Crippen LogP contribution in [0.15, 0.2) is 12.1 Å². The number of benzene rings is 1. The van der Waals surface area contributed by atoms with Crippen LogP contribution in [0.1, 0.15) is 16.7 Å². The van der Waals surface area contributed by atoms with Gasteiger partial charge in [-0.2, -0.15) is 0 Å². The summed E-state index contributed by atoms with van der Waals surface area (Å²) >= 11 is 0. The van der Waals surface area contributed by atoms with Crippen LogP contribution in [0, 0.1) is 13.8 Å². The first kappa shape index (κ1) is 17.0. The van der Waals surface area contributed by atoms with Crippen molar-refractivity contribution in [2.75, 3.05) is 52.5 Å². The number of phenols is 1. The minimum absolute atomic E-state index is 0.131. The number of phenolic OH excluding ortho intramolecular Hbond substituents is 1. The van der Waals surface area contributed by atoms with Crippen molar-refractivity contribution in [1.29, 1.82) is 0 Å². The predicted molar refractivity (Wildman–Crippen MR) is 92.2 cm³/mol. The van der Waals surface area contributed by atoms with Gasteiger partial charge in [-0.05, 0) is 31.0 Å². The maximum atomic E-state index is 12.5. The number of hydrogen-bond acceptors (Lipinski definition) is 4. The SMILES string of the molecule is Cc1cc(O)c(CN2CCN(C(=O)N3CCOCC3)CC2)cc1C. The zero-order valence-electron chi connectivity index (χ0n) is 14.6. The normalized spacial score (nSPS) is 19.6. The number of amides is 2. The molecule has 2 heterocycles. The molecular weight excluding hydrogens is 306 g/mol. The predicted octanol–water partition coefficient (Wildman–Crippen LogP) is 1.58. The van der Waals surface area contributed by atoms with Gasteiger partial charge >= 0.3 is 6.03 Å². The minimum Gasteiger partial charge on any atom is -0.508 e. The lowest BCUT2D eigenvalue weighted by Crippen LogP contribution is -2.54. The topological polar surface area (TPSA) is 56.2 Å². The number of aromatic hydroxyl groups is 1. The highest BCUT2D eigenvalue weighted by Gasteiger charge is 2.26. The van der Waals surface area contributed by atoms with E-state index in [0.717, 1.165) is 43.9 Å². The molecule has 24 heavy (non-hydrogen) atoms. The number of urea groups is 1. The largest absolute Gasteiger partial charge is 0.508 e. The summed E-state index contributed by atoms with van der Waals surface area (Å²) in [7, 11) is 0. The minimum atomic E-state index is 0.131. The fraction of sp³-hybridized carbons (Fsp3) is 0.611. The summed E-state index contributed by atoms with van der Waals surface area (Å²) in [4.78, 5) is 18.6. The van der Waals surface area contributed by atoms with Crippen molar-refractivity contribution in [2.24, 2.45) is 0 Å². The molecule has 0 aromatic heterocycles. The van der Waals surface area contributed by atoms with Crippen molar-refractivity contribution in [3.8, 4) is 5.75 Å². The van der Waals surface area contributed by atoms with Gasteiger partial charge in [0.2, 0.25) is 0 Å². The Bertz CT molecular complexity index is 591. The number of carbonyl (C=O) groups excluding carboxylic acids is 1. The molecule has 0 radical (unpaired) electrons. The quantitative estimate of drug-likeness (QED) is 0.893. The molecule has 0 atom stereocenters. The molecule has 2 amide bonds. The lowest BCUT2D eigenvalue weighted by atomic mass is 10.0. The van der Waals surface area contributed by atoms with E-state index < -0.39 is 0 Å². The standard InChI is InChI=1S/C18H27N3O3/c1-14-11-16(17(22)12-15(14)2)13-19-3-5-20(6-4-19)18(23)21-7-9-24-10-8-21/h11-12,22H,3-10,13H2,1-2H3. The summed E-state index contributed by atoms with van der Waals surface area (Å²) in [6.45, 7) is 10.6. The Morgan fingerprint density at radius 2 is 1.58 bits per heavy atom. The van der Waals surface area contributed by atoms with Gasteiger partial charge in [-0.25, -0.2) is 4.79 Å². The first-order chi connectivity index (χ1) is 11.5. The Balaban J connectivity index is 1.53. The third-order valence-corrected chi connectivity index (χ3v) is 5.01. The van der Waals surface area contributed by atoms with Crippen LogP contribution >= 0.6 is 0 Å². The molecule has 0 unspecified atom stereocenters. The highest BCUT2D eigenvalue weighted by Crippen LogP contribution is 2.23. The van der Waals surface area contributed by atoms with E-state index in [1.807, 2.05) is 22.8 Å². The molecule has 6 nitrogen and oxygen atoms in total. The van der Waals surface area contributed by atoms with E-state index in [-0.39, 0.29) is 6.03 Å². The summed E-state index contributed by atoms with van der Waals surface area (Å²) in [5.41, 5.74) is 3.27. The molecule has 132 valence electrons. The van der Waals surface area contributed by atoms with Gasteiger partial charge in [0.1, 0.15) is 5.75 Å². The van der Waals surface area contributed by atoms with Crippen LogP contribution in [-0.2, 0) is 11.3 Å². The molecule has 0 saturated carbocycles. The molecule has 2 aliphatic heterocycles. The van der Waals surface area contributed by atoms with E-state index in [1.54, 1.807) is 0 Å². The van der Waals surface area contributed by atoms with Crippen LogP contribution in [0.25, 0.3) is 0 Å². The lowest BCUT2D eigenvalue weighted by Gasteiger charge is -2.38. The Morgan fingerprint density at radius 3 is 2.25 bits per heavy atom. The van der Waals surface area contributed by atoms with Crippen LogP contribution < -0.4 is 0 Å². The summed E-state index contributed by atoms with van der Waals surface area (Å²) in [6, 6.07) is 4.03. The van der Waals surface area contributed by atoms with Gasteiger partial charge in [0.25, 0.3) is 0 Å². The number of hydrogen-bond donors (Lipinski definition) is 1. The van der Waals surface area contributed by atoms with Crippen LogP contribution in [0.2, 0.25) is 0 Å². The van der Waals surface area contributed by atoms with Crippen molar-refractivity contribution in [3.63, 3.8) is 0 Å². The van der Waals surface area contributed by atoms with E-state index in [2.05, 4.69) is 17.9 Å². The third-order valence-electron chi connectivity index (χ3n) is 5.01. The summed E-state index contributed by atoms with van der Waals surface area (Å²) < 4.78 is 5.31. The molecule has 1 N–H and O–H groups in total. The van der Waals surface area contributed by atoms with Gasteiger partial charge in [-0.1, -0.05) is 6.07 Å². The van der Waals surface area contributed by atoms with Crippen LogP contribution in [0.4, 0.5) is 4.79 Å². The van der Waals surface area contributed by atoms with Gasteiger partial charge in [-0.15, -0.1) is 0 Å². The van der Waals surface area contributed by atoms with Gasteiger partial charge < -0.3 is 19.6 Å². The average Bonchev–Trinajstić information content (AvgIpc) is 2.60. The third kappa shape index (κ3) is 3.82. The molecule has 0 aliphatic carbocycles. The maximum Gasteiger partial charge on any atom is 0.320 e. The highest BCUT2D eigenvalue weighted by atomic mass is 16.5. The summed E-state index contributed by atoms with van der Waals surface area (Å²) in [5, 5.41) is 10.1. The monoisotopic (exact) mass is 333 g/mol. The van der Waals surface area contributed by atoms with Crippen molar-refractivity contribution < 1.29 is 14.6 Å². The van der Waals surface area contributed by atoms with Crippen molar-refractivity contribution >= 4 is 6.03 Å². The number of nitrogens with zero attached hydrogens (tertiary/aromatic N) is 3. The van der Waals surface area contributed by atoms with Crippen LogP contribution in [-0.4, -0.2) is 78.3 Å². The van der Waals surface area contributed by atoms with E-state index >= 15 is 0 Å². The first-order valence-corrected chi connectivity index (χ1v) is 8.67. The fourth-order valence-electron chi connectivity index (χ4n) is 3.28. The maximum absolute atomic E-state index is 12.5. The van der Waals surface area contributed by atoms with Crippen LogP contribution in [0.3, 0.4) is 0 Å². The van der Waals surface area contributed by atoms with Crippen LogP contribution in [0.5, 0.6) is 5.75 Å². The zero-order valence-corrected chi connectivity index (χ0v) is 14.6. The smallest absolute Gasteiger partial charge is 0.320 e. The molecule has 0 bridgehead atoms. The Labute approximate surface area is 143 Å². The number of piperazine rings is 1. The van der Waals surface area contributed by atoms with E-state index in [4.69, 9.17) is 4.74 Å². The van der Waals surface area contributed by atoms with E-state index in [0.29, 0.717) is 32.1 Å². The summed E-state index contributed by atoms with van der Waals surface area (Å²) in [5.74, 6) is 0.366. The van der Waals surface area contributed by atoms with Crippen molar-refractivity contribution in [3.05, 3.63) is 28.8 Å². The summed E-state index contributed by atoms with van der Waals surface area (Å²) in [6.07, 6.45) is 0. The molecule has 2 aliphatic rings. The molecule has 2 fully saturated rings. The number of aryl methyl sites for hydroxylation is 2. The molecule has 1 aromatic rings. The van der Waals surface area contributed by atoms with Crippen molar-refractivity contribution in [2.45, 2.75) is 20.4 Å². The second-order valence-corrected chi connectivity index (χ2v) is 6.71. The number of morpholine rings is 1. The Morgan fingerprint density at radius 1 is 1.00 bits per heavy atom. The number of ether oxygens (including phenoxy) is 1. The molecule has 2 saturated heterocycles. The molecule has 0 spiro atoms. The van der Waals surface area contributed by atoms with Gasteiger partial charge in [0, 0.05) is 51.4 Å². The van der Waals surface area contributed by atoms with Crippen molar-refractivity contribution in [1.82, 2.24) is 14.7 Å². The second kappa shape index (κ2) is 7.40. The average molecular weight is 333 g/mol. The van der Waals surface area contributed by atoms with E-state index in [9.17, 15) is 9.90 Å². The van der Waals surface area contributed by atoms with E-state index in [1.165, 1.54) is 5.56 Å². The molecular formula is C18H27N3O3. The molecule has 6 heteroatoms. The second-order valence-electron chi connectivity index (χ2n) is 6.71. The zero-order chi connectivity index (χ0) is 17.1. The fourth-order valence-corrected chi connectivity index (χ4v) is 3.28. The van der Waals surface area contributed by atoms with Gasteiger partial charge in [0.15, 0.2) is 0 Å². The molecule has 1 aromatic carbocycles. The highest BCUT2D eigenvalue weighted by molar-refractivity contribution is 5.74. The van der Waals surface area contributed by atoms with Gasteiger partial charge in [-0.3, -0.25) is 4.90 Å². The number of carbonyl (C=O) groups is 1. The lowest BCUT2D eigenvalue weighted by molar-refractivity contribution is 0.0372.